The van der Waals surface area contributed by atoms with Crippen molar-refractivity contribution in [1.29, 1.82) is 0 Å². The summed E-state index contributed by atoms with van der Waals surface area (Å²) in [5, 5.41) is 6.56. The summed E-state index contributed by atoms with van der Waals surface area (Å²) in [5.41, 5.74) is 2.21. The van der Waals surface area contributed by atoms with Gasteiger partial charge in [-0.15, -0.1) is 11.8 Å². The van der Waals surface area contributed by atoms with Crippen LogP contribution in [-0.4, -0.2) is 17.7 Å². The molecule has 0 saturated heterocycles. The van der Waals surface area contributed by atoms with E-state index in [1.165, 1.54) is 10.5 Å². The molecule has 1 heterocycles. The van der Waals surface area contributed by atoms with Crippen LogP contribution in [0.1, 0.15) is 31.4 Å². The third-order valence-electron chi connectivity index (χ3n) is 3.99. The molecule has 3 nitrogen and oxygen atoms in total. The Balaban J connectivity index is 1.56. The van der Waals surface area contributed by atoms with E-state index in [9.17, 15) is 4.79 Å². The molecule has 2 atom stereocenters. The molecule has 1 amide bonds. The summed E-state index contributed by atoms with van der Waals surface area (Å²) in [5.74, 6) is 1.17. The zero-order valence-corrected chi connectivity index (χ0v) is 14.1. The van der Waals surface area contributed by atoms with Crippen molar-refractivity contribution in [3.05, 3.63) is 60.2 Å². The average molecular weight is 326 g/mol. The highest BCUT2D eigenvalue weighted by molar-refractivity contribution is 7.99. The molecule has 2 N–H and O–H groups in total. The van der Waals surface area contributed by atoms with E-state index in [1.54, 1.807) is 0 Å². The van der Waals surface area contributed by atoms with E-state index in [-0.39, 0.29) is 11.9 Å². The fourth-order valence-corrected chi connectivity index (χ4v) is 4.05. The molecule has 1 aliphatic rings. The number of hydrogen-bond acceptors (Lipinski definition) is 3. The van der Waals surface area contributed by atoms with Crippen LogP contribution in [0.25, 0.3) is 0 Å². The number of benzene rings is 2. The van der Waals surface area contributed by atoms with Crippen molar-refractivity contribution in [3.63, 3.8) is 0 Å². The molecule has 0 radical (unpaired) electrons. The van der Waals surface area contributed by atoms with E-state index in [2.05, 4.69) is 41.8 Å². The largest absolute Gasteiger partial charge is 0.326 e. The van der Waals surface area contributed by atoms with Crippen LogP contribution in [0.5, 0.6) is 0 Å². The Labute approximate surface area is 141 Å². The van der Waals surface area contributed by atoms with Gasteiger partial charge in [-0.3, -0.25) is 4.79 Å². The lowest BCUT2D eigenvalue weighted by Gasteiger charge is -2.28. The smallest absolute Gasteiger partial charge is 0.225 e. The minimum atomic E-state index is 0.0506. The summed E-state index contributed by atoms with van der Waals surface area (Å²) < 4.78 is 0. The lowest BCUT2D eigenvalue weighted by atomic mass is 10.0. The Hall–Kier alpha value is -1.78. The third-order valence-corrected chi connectivity index (χ3v) is 5.12. The minimum absolute atomic E-state index is 0.0506. The Morgan fingerprint density at radius 2 is 1.91 bits per heavy atom. The van der Waals surface area contributed by atoms with Gasteiger partial charge in [0.1, 0.15) is 0 Å². The van der Waals surface area contributed by atoms with E-state index in [4.69, 9.17) is 0 Å². The monoisotopic (exact) mass is 326 g/mol. The van der Waals surface area contributed by atoms with Crippen LogP contribution in [0.3, 0.4) is 0 Å². The molecule has 0 spiro atoms. The third kappa shape index (κ3) is 4.36. The molecule has 2 aromatic rings. The van der Waals surface area contributed by atoms with Crippen LogP contribution in [0.4, 0.5) is 5.69 Å². The Bertz CT molecular complexity index is 659. The quantitative estimate of drug-likeness (QED) is 0.864. The second-order valence-electron chi connectivity index (χ2n) is 5.91. The number of carbonyl (C=O) groups is 1. The maximum absolute atomic E-state index is 12.2. The molecule has 3 rings (SSSR count). The maximum atomic E-state index is 12.2. The van der Waals surface area contributed by atoms with Crippen molar-refractivity contribution in [1.82, 2.24) is 5.32 Å². The standard InChI is InChI=1S/C19H22N2OS/c1-14(13-19(22)21-15-7-3-2-4-8-15)20-17-11-12-23-18-10-6-5-9-16(17)18/h2-10,14,17,20H,11-13H2,1H3,(H,21,22)/t14-,17-/m1/s1. The summed E-state index contributed by atoms with van der Waals surface area (Å²) in [6.45, 7) is 2.08. The highest BCUT2D eigenvalue weighted by atomic mass is 32.2. The van der Waals surface area contributed by atoms with Crippen LogP contribution in [0, 0.1) is 0 Å². The van der Waals surface area contributed by atoms with Crippen LogP contribution in [0.2, 0.25) is 0 Å². The molecule has 120 valence electrons. The number of rotatable bonds is 5. The van der Waals surface area contributed by atoms with Crippen LogP contribution >= 0.6 is 11.8 Å². The topological polar surface area (TPSA) is 41.1 Å². The highest BCUT2D eigenvalue weighted by Crippen LogP contribution is 2.36. The Morgan fingerprint density at radius 3 is 2.74 bits per heavy atom. The molecule has 1 aliphatic heterocycles. The van der Waals surface area contributed by atoms with Gasteiger partial charge in [0.05, 0.1) is 0 Å². The number of para-hydroxylation sites is 1. The molecule has 0 aromatic heterocycles. The van der Waals surface area contributed by atoms with Crippen LogP contribution in [0.15, 0.2) is 59.5 Å². The van der Waals surface area contributed by atoms with Crippen molar-refractivity contribution in [2.45, 2.75) is 36.7 Å². The van der Waals surface area contributed by atoms with Gasteiger partial charge in [-0.05, 0) is 42.9 Å². The number of hydrogen-bond donors (Lipinski definition) is 2. The van der Waals surface area contributed by atoms with Crippen molar-refractivity contribution >= 4 is 23.4 Å². The van der Waals surface area contributed by atoms with Crippen molar-refractivity contribution in [2.24, 2.45) is 0 Å². The Kier molecular flexibility index (Phi) is 5.36. The van der Waals surface area contributed by atoms with Gasteiger partial charge in [0, 0.05) is 29.1 Å². The van der Waals surface area contributed by atoms with Gasteiger partial charge in [-0.25, -0.2) is 0 Å². The summed E-state index contributed by atoms with van der Waals surface area (Å²) in [6, 6.07) is 18.6. The first-order valence-corrected chi connectivity index (χ1v) is 9.03. The Morgan fingerprint density at radius 1 is 1.17 bits per heavy atom. The predicted octanol–water partition coefficient (Wildman–Crippen LogP) is 4.23. The van der Waals surface area contributed by atoms with E-state index in [0.29, 0.717) is 12.5 Å². The van der Waals surface area contributed by atoms with Crippen molar-refractivity contribution in [3.8, 4) is 0 Å². The molecule has 0 bridgehead atoms. The highest BCUT2D eigenvalue weighted by Gasteiger charge is 2.22. The van der Waals surface area contributed by atoms with Gasteiger partial charge in [-0.1, -0.05) is 36.4 Å². The van der Waals surface area contributed by atoms with Crippen LogP contribution < -0.4 is 10.6 Å². The molecule has 0 aliphatic carbocycles. The maximum Gasteiger partial charge on any atom is 0.225 e. The van der Waals surface area contributed by atoms with Gasteiger partial charge < -0.3 is 10.6 Å². The number of anilines is 1. The number of fused-ring (bicyclic) bond motifs is 1. The van der Waals surface area contributed by atoms with Crippen molar-refractivity contribution < 1.29 is 4.79 Å². The summed E-state index contributed by atoms with van der Waals surface area (Å²) >= 11 is 1.92. The molecule has 2 aromatic carbocycles. The van der Waals surface area contributed by atoms with Gasteiger partial charge in [0.25, 0.3) is 0 Å². The number of carbonyl (C=O) groups excluding carboxylic acids is 1. The fraction of sp³-hybridized carbons (Fsp3) is 0.316. The van der Waals surface area contributed by atoms with Crippen molar-refractivity contribution in [2.75, 3.05) is 11.1 Å². The second kappa shape index (κ2) is 7.66. The van der Waals surface area contributed by atoms with E-state index in [1.807, 2.05) is 42.1 Å². The number of amides is 1. The first-order chi connectivity index (χ1) is 11.2. The number of nitrogens with one attached hydrogen (secondary N) is 2. The summed E-state index contributed by atoms with van der Waals surface area (Å²) in [4.78, 5) is 13.5. The normalized spacial score (nSPS) is 18.0. The van der Waals surface area contributed by atoms with E-state index < -0.39 is 0 Å². The predicted molar refractivity (Wildman–Crippen MR) is 96.8 cm³/mol. The molecule has 4 heteroatoms. The first kappa shape index (κ1) is 16.1. The lowest BCUT2D eigenvalue weighted by molar-refractivity contribution is -0.116. The average Bonchev–Trinajstić information content (AvgIpc) is 2.56. The van der Waals surface area contributed by atoms with Gasteiger partial charge >= 0.3 is 0 Å². The molecule has 0 unspecified atom stereocenters. The zero-order valence-electron chi connectivity index (χ0n) is 13.3. The second-order valence-corrected chi connectivity index (χ2v) is 7.05. The van der Waals surface area contributed by atoms with E-state index >= 15 is 0 Å². The minimum Gasteiger partial charge on any atom is -0.326 e. The van der Waals surface area contributed by atoms with Gasteiger partial charge in [-0.2, -0.15) is 0 Å². The number of thioether (sulfide) groups is 1. The molecule has 23 heavy (non-hydrogen) atoms. The summed E-state index contributed by atoms with van der Waals surface area (Å²) in [6.07, 6.45) is 1.58. The molecule has 0 saturated carbocycles. The van der Waals surface area contributed by atoms with Crippen LogP contribution in [-0.2, 0) is 4.79 Å². The molecular weight excluding hydrogens is 304 g/mol. The van der Waals surface area contributed by atoms with E-state index in [0.717, 1.165) is 17.9 Å². The van der Waals surface area contributed by atoms with Gasteiger partial charge in [0.2, 0.25) is 5.91 Å². The SMILES string of the molecule is C[C@H](CC(=O)Nc1ccccc1)N[C@@H]1CCSc2ccccc21. The zero-order chi connectivity index (χ0) is 16.1. The lowest BCUT2D eigenvalue weighted by Crippen LogP contribution is -2.35. The van der Waals surface area contributed by atoms with Gasteiger partial charge in [0.15, 0.2) is 0 Å². The fourth-order valence-electron chi connectivity index (χ4n) is 2.93. The molecular formula is C19H22N2OS. The first-order valence-electron chi connectivity index (χ1n) is 8.05. The molecule has 0 fully saturated rings. The summed E-state index contributed by atoms with van der Waals surface area (Å²) in [7, 11) is 0.